The average molecular weight is 256 g/mol. The number of ether oxygens (including phenoxy) is 2. The molecule has 4 unspecified atom stereocenters. The number of rotatable bonds is 5. The molecule has 4 atom stereocenters. The van der Waals surface area contributed by atoms with Gasteiger partial charge in [0.1, 0.15) is 0 Å². The highest BCUT2D eigenvalue weighted by Crippen LogP contribution is 2.15. The monoisotopic (exact) mass is 256 g/mol. The molecule has 0 amide bonds. The Morgan fingerprint density at radius 2 is 2.17 bits per heavy atom. The Hall–Kier alpha value is -0.160. The molecule has 2 fully saturated rings. The van der Waals surface area contributed by atoms with Crippen molar-refractivity contribution in [1.82, 2.24) is 10.2 Å². The van der Waals surface area contributed by atoms with E-state index < -0.39 is 0 Å². The first-order chi connectivity index (χ1) is 8.66. The fourth-order valence-electron chi connectivity index (χ4n) is 2.85. The van der Waals surface area contributed by atoms with E-state index in [0.29, 0.717) is 24.3 Å². The van der Waals surface area contributed by atoms with Crippen LogP contribution in [-0.4, -0.2) is 62.0 Å². The Kier molecular flexibility index (Phi) is 5.42. The SMILES string of the molecule is CC1CN(CCNC(C)C2CCCO2)C(C)CO1. The van der Waals surface area contributed by atoms with Gasteiger partial charge in [0.2, 0.25) is 0 Å². The van der Waals surface area contributed by atoms with Crippen molar-refractivity contribution in [2.45, 2.75) is 57.9 Å². The third-order valence-corrected chi connectivity index (χ3v) is 4.12. The van der Waals surface area contributed by atoms with E-state index in [4.69, 9.17) is 9.47 Å². The molecule has 0 spiro atoms. The predicted octanol–water partition coefficient (Wildman–Crippen LogP) is 1.25. The van der Waals surface area contributed by atoms with Crippen LogP contribution in [0.3, 0.4) is 0 Å². The van der Waals surface area contributed by atoms with Gasteiger partial charge in [0.25, 0.3) is 0 Å². The van der Waals surface area contributed by atoms with Crippen molar-refractivity contribution in [2.24, 2.45) is 0 Å². The summed E-state index contributed by atoms with van der Waals surface area (Å²) in [4.78, 5) is 2.52. The van der Waals surface area contributed by atoms with Gasteiger partial charge in [-0.25, -0.2) is 0 Å². The summed E-state index contributed by atoms with van der Waals surface area (Å²) in [6, 6.07) is 1.02. The minimum atomic E-state index is 0.372. The minimum absolute atomic E-state index is 0.372. The van der Waals surface area contributed by atoms with Crippen molar-refractivity contribution in [3.63, 3.8) is 0 Å². The maximum absolute atomic E-state index is 5.70. The highest BCUT2D eigenvalue weighted by Gasteiger charge is 2.24. The highest BCUT2D eigenvalue weighted by atomic mass is 16.5. The van der Waals surface area contributed by atoms with Crippen LogP contribution in [0, 0.1) is 0 Å². The van der Waals surface area contributed by atoms with E-state index in [1.54, 1.807) is 0 Å². The van der Waals surface area contributed by atoms with Gasteiger partial charge in [-0.05, 0) is 33.6 Å². The summed E-state index contributed by atoms with van der Waals surface area (Å²) in [6.45, 7) is 11.6. The van der Waals surface area contributed by atoms with E-state index >= 15 is 0 Å². The lowest BCUT2D eigenvalue weighted by molar-refractivity contribution is -0.0491. The van der Waals surface area contributed by atoms with Crippen LogP contribution in [0.4, 0.5) is 0 Å². The number of hydrogen-bond acceptors (Lipinski definition) is 4. The van der Waals surface area contributed by atoms with Crippen LogP contribution in [-0.2, 0) is 9.47 Å². The van der Waals surface area contributed by atoms with Gasteiger partial charge in [-0.3, -0.25) is 4.90 Å². The van der Waals surface area contributed by atoms with E-state index in [-0.39, 0.29) is 0 Å². The van der Waals surface area contributed by atoms with Gasteiger partial charge < -0.3 is 14.8 Å². The third kappa shape index (κ3) is 3.92. The maximum atomic E-state index is 5.70. The van der Waals surface area contributed by atoms with Crippen LogP contribution in [0.15, 0.2) is 0 Å². The summed E-state index contributed by atoms with van der Waals surface area (Å²) in [5.74, 6) is 0. The third-order valence-electron chi connectivity index (χ3n) is 4.12. The van der Waals surface area contributed by atoms with Gasteiger partial charge in [0.15, 0.2) is 0 Å². The summed E-state index contributed by atoms with van der Waals surface area (Å²) >= 11 is 0. The fourth-order valence-corrected chi connectivity index (χ4v) is 2.85. The normalized spacial score (nSPS) is 35.8. The molecular weight excluding hydrogens is 228 g/mol. The maximum Gasteiger partial charge on any atom is 0.0726 e. The highest BCUT2D eigenvalue weighted by molar-refractivity contribution is 4.79. The topological polar surface area (TPSA) is 33.7 Å². The first kappa shape index (κ1) is 14.3. The van der Waals surface area contributed by atoms with Gasteiger partial charge in [0, 0.05) is 38.3 Å². The van der Waals surface area contributed by atoms with Crippen LogP contribution in [0.2, 0.25) is 0 Å². The van der Waals surface area contributed by atoms with Gasteiger partial charge >= 0.3 is 0 Å². The van der Waals surface area contributed by atoms with Crippen molar-refractivity contribution >= 4 is 0 Å². The van der Waals surface area contributed by atoms with Crippen molar-refractivity contribution in [1.29, 1.82) is 0 Å². The van der Waals surface area contributed by atoms with Crippen molar-refractivity contribution in [3.8, 4) is 0 Å². The Morgan fingerprint density at radius 1 is 1.33 bits per heavy atom. The van der Waals surface area contributed by atoms with Crippen LogP contribution >= 0.6 is 0 Å². The second-order valence-corrected chi connectivity index (χ2v) is 5.78. The molecular formula is C14H28N2O2. The molecule has 4 heteroatoms. The number of morpholine rings is 1. The zero-order chi connectivity index (χ0) is 13.0. The Bertz CT molecular complexity index is 244. The molecule has 0 aromatic rings. The molecule has 2 saturated heterocycles. The molecule has 2 aliphatic rings. The molecule has 0 aromatic heterocycles. The second-order valence-electron chi connectivity index (χ2n) is 5.78. The fraction of sp³-hybridized carbons (Fsp3) is 1.00. The molecule has 0 saturated carbocycles. The minimum Gasteiger partial charge on any atom is -0.377 e. The zero-order valence-corrected chi connectivity index (χ0v) is 12.0. The standard InChI is InChI=1S/C14H28N2O2/c1-11-10-18-12(2)9-16(11)7-6-15-13(3)14-5-4-8-17-14/h11-15H,4-10H2,1-3H3. The number of nitrogens with one attached hydrogen (secondary N) is 1. The number of hydrogen-bond donors (Lipinski definition) is 1. The first-order valence-electron chi connectivity index (χ1n) is 7.37. The molecule has 0 radical (unpaired) electrons. The molecule has 18 heavy (non-hydrogen) atoms. The molecule has 106 valence electrons. The summed E-state index contributed by atoms with van der Waals surface area (Å²) in [5, 5.41) is 3.60. The van der Waals surface area contributed by atoms with Crippen LogP contribution < -0.4 is 5.32 Å². The first-order valence-corrected chi connectivity index (χ1v) is 7.37. The molecule has 0 aromatic carbocycles. The zero-order valence-electron chi connectivity index (χ0n) is 12.0. The second kappa shape index (κ2) is 6.85. The molecule has 0 bridgehead atoms. The quantitative estimate of drug-likeness (QED) is 0.803. The molecule has 2 heterocycles. The van der Waals surface area contributed by atoms with Crippen LogP contribution in [0.1, 0.15) is 33.6 Å². The number of nitrogens with zero attached hydrogens (tertiary/aromatic N) is 1. The van der Waals surface area contributed by atoms with Gasteiger partial charge in [-0.2, -0.15) is 0 Å². The van der Waals surface area contributed by atoms with Gasteiger partial charge in [-0.1, -0.05) is 0 Å². The van der Waals surface area contributed by atoms with Gasteiger partial charge in [0.05, 0.1) is 18.8 Å². The molecule has 4 nitrogen and oxygen atoms in total. The summed E-state index contributed by atoms with van der Waals surface area (Å²) < 4.78 is 11.3. The lowest BCUT2D eigenvalue weighted by atomic mass is 10.1. The average Bonchev–Trinajstić information content (AvgIpc) is 2.87. The molecule has 2 rings (SSSR count). The van der Waals surface area contributed by atoms with E-state index in [9.17, 15) is 0 Å². The Morgan fingerprint density at radius 3 is 2.89 bits per heavy atom. The largest absolute Gasteiger partial charge is 0.377 e. The van der Waals surface area contributed by atoms with Crippen molar-refractivity contribution in [2.75, 3.05) is 32.8 Å². The summed E-state index contributed by atoms with van der Waals surface area (Å²) in [5.41, 5.74) is 0. The van der Waals surface area contributed by atoms with E-state index in [1.807, 2.05) is 0 Å². The lowest BCUT2D eigenvalue weighted by Gasteiger charge is -2.37. The van der Waals surface area contributed by atoms with E-state index in [1.165, 1.54) is 12.8 Å². The molecule has 0 aliphatic carbocycles. The summed E-state index contributed by atoms with van der Waals surface area (Å²) in [7, 11) is 0. The Balaban J connectivity index is 1.64. The van der Waals surface area contributed by atoms with Gasteiger partial charge in [-0.15, -0.1) is 0 Å². The predicted molar refractivity (Wildman–Crippen MR) is 72.9 cm³/mol. The molecule has 2 aliphatic heterocycles. The van der Waals surface area contributed by atoms with Crippen LogP contribution in [0.5, 0.6) is 0 Å². The summed E-state index contributed by atoms with van der Waals surface area (Å²) in [6.07, 6.45) is 3.22. The lowest BCUT2D eigenvalue weighted by Crippen LogP contribution is -2.50. The van der Waals surface area contributed by atoms with Crippen LogP contribution in [0.25, 0.3) is 0 Å². The van der Waals surface area contributed by atoms with E-state index in [0.717, 1.165) is 32.8 Å². The van der Waals surface area contributed by atoms with Crippen molar-refractivity contribution in [3.05, 3.63) is 0 Å². The van der Waals surface area contributed by atoms with Crippen molar-refractivity contribution < 1.29 is 9.47 Å². The smallest absolute Gasteiger partial charge is 0.0726 e. The Labute approximate surface area is 111 Å². The molecule has 1 N–H and O–H groups in total. The van der Waals surface area contributed by atoms with E-state index in [2.05, 4.69) is 31.0 Å².